The van der Waals surface area contributed by atoms with Gasteiger partial charge in [-0.2, -0.15) is 0 Å². The molecule has 4 nitrogen and oxygen atoms in total. The van der Waals surface area contributed by atoms with E-state index < -0.39 is 11.9 Å². The van der Waals surface area contributed by atoms with Gasteiger partial charge in [0.2, 0.25) is 11.8 Å². The van der Waals surface area contributed by atoms with Gasteiger partial charge in [-0.15, -0.1) is 0 Å². The second-order valence-corrected chi connectivity index (χ2v) is 8.20. The zero-order valence-corrected chi connectivity index (χ0v) is 18.0. The quantitative estimate of drug-likeness (QED) is 0.648. The van der Waals surface area contributed by atoms with Gasteiger partial charge in [-0.25, -0.2) is 4.39 Å². The van der Waals surface area contributed by atoms with E-state index in [9.17, 15) is 14.0 Å². The minimum atomic E-state index is -0.638. The number of hydrogen-bond donors (Lipinski definition) is 1. The summed E-state index contributed by atoms with van der Waals surface area (Å²) in [5.74, 6) is -0.876. The maximum atomic E-state index is 14.1. The van der Waals surface area contributed by atoms with Crippen LogP contribution in [-0.4, -0.2) is 28.8 Å². The van der Waals surface area contributed by atoms with Crippen LogP contribution in [0.2, 0.25) is 5.02 Å². The van der Waals surface area contributed by atoms with Crippen LogP contribution in [0, 0.1) is 5.82 Å². The zero-order valence-electron chi connectivity index (χ0n) is 17.2. The fraction of sp³-hybridized carbons (Fsp3) is 0.417. The van der Waals surface area contributed by atoms with Crippen molar-refractivity contribution >= 4 is 23.4 Å². The third-order valence-corrected chi connectivity index (χ3v) is 6.05. The summed E-state index contributed by atoms with van der Waals surface area (Å²) in [6.45, 7) is 2.08. The first kappa shape index (κ1) is 22.3. The lowest BCUT2D eigenvalue weighted by Gasteiger charge is -2.32. The second kappa shape index (κ2) is 10.6. The Balaban J connectivity index is 1.84. The Morgan fingerprint density at radius 2 is 1.73 bits per heavy atom. The van der Waals surface area contributed by atoms with Crippen LogP contribution < -0.4 is 5.32 Å². The maximum absolute atomic E-state index is 14.1. The van der Waals surface area contributed by atoms with Crippen LogP contribution in [0.4, 0.5) is 4.39 Å². The summed E-state index contributed by atoms with van der Waals surface area (Å²) >= 11 is 6.32. The zero-order chi connectivity index (χ0) is 21.5. The standard InChI is InChI=1S/C24H28ClFN2O2/c1-2-22(24(30)27-19-11-5-6-12-19)28(16-18-10-3-7-13-20(18)25)23(29)15-17-9-4-8-14-21(17)26/h3-4,7-10,13-14,19,22H,2,5-6,11-12,15-16H2,1H3,(H,27,30). The van der Waals surface area contributed by atoms with Crippen molar-refractivity contribution in [3.05, 3.63) is 70.5 Å². The SMILES string of the molecule is CCC(C(=O)NC1CCCC1)N(Cc1ccccc1Cl)C(=O)Cc1ccccc1F. The number of carbonyl (C=O) groups excluding carboxylic acids is 2. The summed E-state index contributed by atoms with van der Waals surface area (Å²) in [6.07, 6.45) is 4.51. The molecule has 160 valence electrons. The van der Waals surface area contributed by atoms with Crippen molar-refractivity contribution in [2.75, 3.05) is 0 Å². The molecule has 30 heavy (non-hydrogen) atoms. The van der Waals surface area contributed by atoms with Crippen molar-refractivity contribution in [3.8, 4) is 0 Å². The van der Waals surface area contributed by atoms with Gasteiger partial charge in [0.15, 0.2) is 0 Å². The molecular formula is C24H28ClFN2O2. The molecule has 0 aromatic heterocycles. The average Bonchev–Trinajstić information content (AvgIpc) is 3.24. The molecule has 0 aliphatic heterocycles. The first-order valence-electron chi connectivity index (χ1n) is 10.6. The molecule has 1 aliphatic rings. The van der Waals surface area contributed by atoms with Gasteiger partial charge in [0.05, 0.1) is 6.42 Å². The minimum absolute atomic E-state index is 0.107. The molecule has 1 fully saturated rings. The number of rotatable bonds is 8. The number of amides is 2. The lowest BCUT2D eigenvalue weighted by atomic mass is 10.1. The normalized spacial score (nSPS) is 15.0. The summed E-state index contributed by atoms with van der Waals surface area (Å²) in [5.41, 5.74) is 1.07. The summed E-state index contributed by atoms with van der Waals surface area (Å²) in [5, 5.41) is 3.64. The summed E-state index contributed by atoms with van der Waals surface area (Å²) in [7, 11) is 0. The molecule has 3 rings (SSSR count). The topological polar surface area (TPSA) is 49.4 Å². The molecule has 0 bridgehead atoms. The predicted octanol–water partition coefficient (Wildman–Crippen LogP) is 4.89. The minimum Gasteiger partial charge on any atom is -0.352 e. The Bertz CT molecular complexity index is 883. The van der Waals surface area contributed by atoms with Gasteiger partial charge in [-0.05, 0) is 42.5 Å². The van der Waals surface area contributed by atoms with Crippen molar-refractivity contribution in [2.24, 2.45) is 0 Å². The first-order chi connectivity index (χ1) is 14.5. The smallest absolute Gasteiger partial charge is 0.243 e. The van der Waals surface area contributed by atoms with Gasteiger partial charge in [-0.3, -0.25) is 9.59 Å². The molecule has 1 saturated carbocycles. The molecule has 2 aromatic rings. The Hall–Kier alpha value is -2.40. The van der Waals surface area contributed by atoms with E-state index in [4.69, 9.17) is 11.6 Å². The van der Waals surface area contributed by atoms with Crippen molar-refractivity contribution in [2.45, 2.75) is 64.1 Å². The van der Waals surface area contributed by atoms with E-state index in [2.05, 4.69) is 5.32 Å². The highest BCUT2D eigenvalue weighted by atomic mass is 35.5. The highest BCUT2D eigenvalue weighted by Crippen LogP contribution is 2.22. The van der Waals surface area contributed by atoms with E-state index in [1.165, 1.54) is 11.0 Å². The highest BCUT2D eigenvalue weighted by Gasteiger charge is 2.31. The number of hydrogen-bond acceptors (Lipinski definition) is 2. The van der Waals surface area contributed by atoms with E-state index in [0.29, 0.717) is 17.0 Å². The largest absolute Gasteiger partial charge is 0.352 e. The fourth-order valence-electron chi connectivity index (χ4n) is 4.00. The number of halogens is 2. The molecule has 1 unspecified atom stereocenters. The number of nitrogens with one attached hydrogen (secondary N) is 1. The van der Waals surface area contributed by atoms with Crippen LogP contribution in [-0.2, 0) is 22.6 Å². The lowest BCUT2D eigenvalue weighted by Crippen LogP contribution is -2.51. The van der Waals surface area contributed by atoms with Gasteiger partial charge in [0.1, 0.15) is 11.9 Å². The van der Waals surface area contributed by atoms with Crippen molar-refractivity contribution in [1.82, 2.24) is 10.2 Å². The second-order valence-electron chi connectivity index (χ2n) is 7.80. The number of carbonyl (C=O) groups is 2. The lowest BCUT2D eigenvalue weighted by molar-refractivity contribution is -0.141. The van der Waals surface area contributed by atoms with E-state index in [-0.39, 0.29) is 30.8 Å². The summed E-state index contributed by atoms with van der Waals surface area (Å²) < 4.78 is 14.1. The van der Waals surface area contributed by atoms with Crippen LogP contribution in [0.25, 0.3) is 0 Å². The van der Waals surface area contributed by atoms with E-state index in [1.807, 2.05) is 25.1 Å². The molecule has 2 aromatic carbocycles. The molecule has 0 radical (unpaired) electrons. The van der Waals surface area contributed by atoms with Crippen LogP contribution in [0.1, 0.15) is 50.2 Å². The van der Waals surface area contributed by atoms with Crippen LogP contribution in [0.5, 0.6) is 0 Å². The van der Waals surface area contributed by atoms with Gasteiger partial charge in [0.25, 0.3) is 0 Å². The van der Waals surface area contributed by atoms with Gasteiger partial charge < -0.3 is 10.2 Å². The van der Waals surface area contributed by atoms with Crippen molar-refractivity contribution < 1.29 is 14.0 Å². The fourth-order valence-corrected chi connectivity index (χ4v) is 4.20. The summed E-state index contributed by atoms with van der Waals surface area (Å²) in [4.78, 5) is 27.9. The average molecular weight is 431 g/mol. The third-order valence-electron chi connectivity index (χ3n) is 5.69. The molecular weight excluding hydrogens is 403 g/mol. The molecule has 0 saturated heterocycles. The molecule has 0 spiro atoms. The van der Waals surface area contributed by atoms with E-state index in [0.717, 1.165) is 31.2 Å². The number of nitrogens with zero attached hydrogens (tertiary/aromatic N) is 1. The van der Waals surface area contributed by atoms with Crippen molar-refractivity contribution in [3.63, 3.8) is 0 Å². The molecule has 6 heteroatoms. The maximum Gasteiger partial charge on any atom is 0.243 e. The van der Waals surface area contributed by atoms with Gasteiger partial charge in [-0.1, -0.05) is 67.8 Å². The molecule has 0 heterocycles. The molecule has 1 N–H and O–H groups in total. The molecule has 1 atom stereocenters. The van der Waals surface area contributed by atoms with Gasteiger partial charge in [0, 0.05) is 17.6 Å². The van der Waals surface area contributed by atoms with Crippen LogP contribution >= 0.6 is 11.6 Å². The number of benzene rings is 2. The third kappa shape index (κ3) is 5.60. The Morgan fingerprint density at radius 3 is 2.37 bits per heavy atom. The molecule has 2 amide bonds. The van der Waals surface area contributed by atoms with E-state index in [1.54, 1.807) is 24.3 Å². The van der Waals surface area contributed by atoms with Crippen LogP contribution in [0.15, 0.2) is 48.5 Å². The Morgan fingerprint density at radius 1 is 1.10 bits per heavy atom. The molecule has 1 aliphatic carbocycles. The van der Waals surface area contributed by atoms with Crippen molar-refractivity contribution in [1.29, 1.82) is 0 Å². The summed E-state index contributed by atoms with van der Waals surface area (Å²) in [6, 6.07) is 13.0. The monoisotopic (exact) mass is 430 g/mol. The Kier molecular flexibility index (Phi) is 7.86. The van der Waals surface area contributed by atoms with Crippen LogP contribution in [0.3, 0.4) is 0 Å². The first-order valence-corrected chi connectivity index (χ1v) is 10.9. The Labute approximate surface area is 182 Å². The predicted molar refractivity (Wildman–Crippen MR) is 117 cm³/mol. The highest BCUT2D eigenvalue weighted by molar-refractivity contribution is 6.31. The van der Waals surface area contributed by atoms with E-state index >= 15 is 0 Å². The van der Waals surface area contributed by atoms with Gasteiger partial charge >= 0.3 is 0 Å².